The van der Waals surface area contributed by atoms with Gasteiger partial charge in [0.05, 0.1) is 30.4 Å². The van der Waals surface area contributed by atoms with Crippen molar-refractivity contribution in [3.63, 3.8) is 0 Å². The quantitative estimate of drug-likeness (QED) is 0.723. The molecule has 24 heavy (non-hydrogen) atoms. The van der Waals surface area contributed by atoms with E-state index in [1.807, 2.05) is 18.6 Å². The van der Waals surface area contributed by atoms with E-state index in [1.165, 1.54) is 11.1 Å². The zero-order valence-corrected chi connectivity index (χ0v) is 13.1. The highest BCUT2D eigenvalue weighted by Crippen LogP contribution is 2.49. The average molecular weight is 318 g/mol. The van der Waals surface area contributed by atoms with Crippen molar-refractivity contribution in [3.05, 3.63) is 65.7 Å². The lowest BCUT2D eigenvalue weighted by molar-refractivity contribution is 0.0711. The van der Waals surface area contributed by atoms with Crippen molar-refractivity contribution in [2.75, 3.05) is 5.73 Å². The van der Waals surface area contributed by atoms with Gasteiger partial charge in [-0.15, -0.1) is 0 Å². The highest BCUT2D eigenvalue weighted by atomic mass is 16.3. The van der Waals surface area contributed by atoms with Gasteiger partial charge in [0.15, 0.2) is 0 Å². The molecular formula is C19H18N4O. The second kappa shape index (κ2) is 4.92. The number of hydrogen-bond donors (Lipinski definition) is 2. The fourth-order valence-corrected chi connectivity index (χ4v) is 4.33. The van der Waals surface area contributed by atoms with Crippen molar-refractivity contribution < 1.29 is 5.11 Å². The Hall–Kier alpha value is -2.66. The van der Waals surface area contributed by atoms with Gasteiger partial charge in [-0.3, -0.25) is 0 Å². The summed E-state index contributed by atoms with van der Waals surface area (Å²) < 4.78 is 2.20. The molecule has 3 atom stereocenters. The van der Waals surface area contributed by atoms with E-state index in [9.17, 15) is 5.11 Å². The van der Waals surface area contributed by atoms with E-state index in [2.05, 4.69) is 38.8 Å². The van der Waals surface area contributed by atoms with Crippen LogP contribution in [-0.4, -0.2) is 19.6 Å². The smallest absolute Gasteiger partial charge is 0.123 e. The van der Waals surface area contributed by atoms with Crippen LogP contribution in [0, 0.1) is 5.92 Å². The number of anilines is 1. The predicted molar refractivity (Wildman–Crippen MR) is 91.2 cm³/mol. The third kappa shape index (κ3) is 1.79. The van der Waals surface area contributed by atoms with Crippen molar-refractivity contribution >= 4 is 5.82 Å². The minimum absolute atomic E-state index is 0.0968. The van der Waals surface area contributed by atoms with Gasteiger partial charge in [-0.2, -0.15) is 0 Å². The molecule has 1 aliphatic carbocycles. The number of aliphatic hydroxyl groups is 1. The molecule has 1 aromatic carbocycles. The van der Waals surface area contributed by atoms with E-state index in [-0.39, 0.29) is 12.0 Å². The van der Waals surface area contributed by atoms with Crippen LogP contribution in [-0.2, 0) is 6.42 Å². The van der Waals surface area contributed by atoms with Crippen LogP contribution in [0.2, 0.25) is 0 Å². The largest absolute Gasteiger partial charge is 0.388 e. The van der Waals surface area contributed by atoms with E-state index in [1.54, 1.807) is 6.07 Å². The summed E-state index contributed by atoms with van der Waals surface area (Å²) in [7, 11) is 0. The molecule has 0 bridgehead atoms. The summed E-state index contributed by atoms with van der Waals surface area (Å²) >= 11 is 0. The average Bonchev–Trinajstić information content (AvgIpc) is 3.16. The monoisotopic (exact) mass is 318 g/mol. The molecule has 3 aromatic rings. The van der Waals surface area contributed by atoms with E-state index >= 15 is 0 Å². The highest BCUT2D eigenvalue weighted by molar-refractivity contribution is 5.69. The SMILES string of the molecule is Nc1ccc2c(n1)CC[C@@H]([C@@H]1c3ccccc3-c3cncn31)[C@H]2O. The molecule has 2 aliphatic rings. The third-order valence-electron chi connectivity index (χ3n) is 5.40. The first kappa shape index (κ1) is 13.7. The first-order valence-electron chi connectivity index (χ1n) is 8.28. The van der Waals surface area contributed by atoms with Gasteiger partial charge in [-0.1, -0.05) is 30.3 Å². The molecule has 0 radical (unpaired) electrons. The Morgan fingerprint density at radius 1 is 1.12 bits per heavy atom. The van der Waals surface area contributed by atoms with Gasteiger partial charge in [0.25, 0.3) is 0 Å². The van der Waals surface area contributed by atoms with Crippen molar-refractivity contribution in [2.45, 2.75) is 25.0 Å². The van der Waals surface area contributed by atoms with Gasteiger partial charge < -0.3 is 15.4 Å². The van der Waals surface area contributed by atoms with Crippen molar-refractivity contribution in [1.82, 2.24) is 14.5 Å². The summed E-state index contributed by atoms with van der Waals surface area (Å²) in [5.41, 5.74) is 11.2. The lowest BCUT2D eigenvalue weighted by Crippen LogP contribution is -2.29. The molecule has 0 fully saturated rings. The lowest BCUT2D eigenvalue weighted by atomic mass is 9.77. The van der Waals surface area contributed by atoms with Crippen LogP contribution in [0.1, 0.15) is 35.4 Å². The predicted octanol–water partition coefficient (Wildman–Crippen LogP) is 2.73. The number of nitrogens with zero attached hydrogens (tertiary/aromatic N) is 3. The molecule has 2 aromatic heterocycles. The Morgan fingerprint density at radius 3 is 2.92 bits per heavy atom. The van der Waals surface area contributed by atoms with Crippen LogP contribution < -0.4 is 5.73 Å². The Bertz CT molecular complexity index is 933. The number of aromatic nitrogens is 3. The fourth-order valence-electron chi connectivity index (χ4n) is 4.33. The zero-order valence-electron chi connectivity index (χ0n) is 13.1. The first-order chi connectivity index (χ1) is 11.7. The molecular weight excluding hydrogens is 300 g/mol. The van der Waals surface area contributed by atoms with Crippen LogP contribution >= 0.6 is 0 Å². The van der Waals surface area contributed by atoms with E-state index in [4.69, 9.17) is 5.73 Å². The topological polar surface area (TPSA) is 77.0 Å². The standard InChI is InChI=1S/C19H18N4O/c20-17-8-6-13-15(22-17)7-5-14(19(13)24)18-12-4-2-1-3-11(12)16-9-21-10-23(16)18/h1-4,6,8-10,14,18-19,24H,5,7H2,(H2,20,22)/t14-,18-,19-/m0/s1. The minimum atomic E-state index is -0.548. The van der Waals surface area contributed by atoms with Gasteiger partial charge in [0.1, 0.15) is 5.82 Å². The number of nitrogens with two attached hydrogens (primary N) is 1. The van der Waals surface area contributed by atoms with Gasteiger partial charge >= 0.3 is 0 Å². The van der Waals surface area contributed by atoms with Gasteiger partial charge in [-0.05, 0) is 24.5 Å². The van der Waals surface area contributed by atoms with Crippen LogP contribution in [0.15, 0.2) is 48.9 Å². The fraction of sp³-hybridized carbons (Fsp3) is 0.263. The molecule has 0 saturated heterocycles. The van der Waals surface area contributed by atoms with Crippen molar-refractivity contribution in [2.24, 2.45) is 5.92 Å². The molecule has 0 amide bonds. The summed E-state index contributed by atoms with van der Waals surface area (Å²) in [4.78, 5) is 8.72. The summed E-state index contributed by atoms with van der Waals surface area (Å²) in [5, 5.41) is 11.0. The van der Waals surface area contributed by atoms with Crippen molar-refractivity contribution in [3.8, 4) is 11.3 Å². The number of imidazole rings is 1. The van der Waals surface area contributed by atoms with Gasteiger partial charge in [0.2, 0.25) is 0 Å². The maximum Gasteiger partial charge on any atom is 0.123 e. The molecule has 5 rings (SSSR count). The minimum Gasteiger partial charge on any atom is -0.388 e. The zero-order chi connectivity index (χ0) is 16.3. The van der Waals surface area contributed by atoms with Crippen LogP contribution in [0.4, 0.5) is 5.82 Å². The normalized spacial score (nSPS) is 24.3. The Morgan fingerprint density at radius 2 is 2.00 bits per heavy atom. The Kier molecular flexibility index (Phi) is 2.82. The molecule has 3 heterocycles. The first-order valence-corrected chi connectivity index (χ1v) is 8.28. The number of hydrogen-bond acceptors (Lipinski definition) is 4. The molecule has 1 aliphatic heterocycles. The number of nitrogen functional groups attached to an aromatic ring is 1. The highest BCUT2D eigenvalue weighted by Gasteiger charge is 2.40. The maximum atomic E-state index is 11.0. The molecule has 5 nitrogen and oxygen atoms in total. The van der Waals surface area contributed by atoms with Crippen molar-refractivity contribution in [1.29, 1.82) is 0 Å². The number of benzene rings is 1. The molecule has 120 valence electrons. The van der Waals surface area contributed by atoms with E-state index < -0.39 is 6.10 Å². The van der Waals surface area contributed by atoms with Crippen LogP contribution in [0.25, 0.3) is 11.3 Å². The van der Waals surface area contributed by atoms with Gasteiger partial charge in [0, 0.05) is 22.7 Å². The third-order valence-corrected chi connectivity index (χ3v) is 5.40. The van der Waals surface area contributed by atoms with E-state index in [0.29, 0.717) is 5.82 Å². The molecule has 3 N–H and O–H groups in total. The van der Waals surface area contributed by atoms with Crippen LogP contribution in [0.5, 0.6) is 0 Å². The molecule has 0 spiro atoms. The molecule has 0 saturated carbocycles. The number of fused-ring (bicyclic) bond motifs is 4. The number of aliphatic hydroxyl groups excluding tert-OH is 1. The Labute approximate surface area is 139 Å². The summed E-state index contributed by atoms with van der Waals surface area (Å²) in [6.07, 6.45) is 4.95. The van der Waals surface area contributed by atoms with Gasteiger partial charge in [-0.25, -0.2) is 9.97 Å². The molecule has 0 unspecified atom stereocenters. The second-order valence-corrected chi connectivity index (χ2v) is 6.64. The number of pyridine rings is 1. The van der Waals surface area contributed by atoms with E-state index in [0.717, 1.165) is 29.8 Å². The Balaban J connectivity index is 1.62. The molecule has 5 heteroatoms. The number of aryl methyl sites for hydroxylation is 1. The summed E-state index contributed by atoms with van der Waals surface area (Å²) in [6, 6.07) is 12.2. The van der Waals surface area contributed by atoms with Crippen LogP contribution in [0.3, 0.4) is 0 Å². The second-order valence-electron chi connectivity index (χ2n) is 6.64. The summed E-state index contributed by atoms with van der Waals surface area (Å²) in [6.45, 7) is 0. The number of rotatable bonds is 1. The lowest BCUT2D eigenvalue weighted by Gasteiger charge is -2.34. The maximum absolute atomic E-state index is 11.0. The summed E-state index contributed by atoms with van der Waals surface area (Å²) in [5.74, 6) is 0.613.